The van der Waals surface area contributed by atoms with Crippen LogP contribution in [-0.4, -0.2) is 37.3 Å². The Labute approximate surface area is 150 Å². The molecular formula is C19H19N3O4. The third-order valence-electron chi connectivity index (χ3n) is 3.99. The topological polar surface area (TPSA) is 82.6 Å². The van der Waals surface area contributed by atoms with Crippen LogP contribution in [0.5, 0.6) is 11.5 Å². The van der Waals surface area contributed by atoms with Gasteiger partial charge in [-0.05, 0) is 11.6 Å². The van der Waals surface area contributed by atoms with Gasteiger partial charge in [0.15, 0.2) is 17.5 Å². The first-order valence-corrected chi connectivity index (χ1v) is 7.94. The van der Waals surface area contributed by atoms with Crippen molar-refractivity contribution >= 4 is 22.7 Å². The number of ether oxygens (including phenoxy) is 3. The summed E-state index contributed by atoms with van der Waals surface area (Å²) in [5.74, 6) is 1.20. The monoisotopic (exact) mass is 353 g/mol. The molecule has 0 saturated carbocycles. The Bertz CT molecular complexity index is 915. The van der Waals surface area contributed by atoms with Gasteiger partial charge in [-0.2, -0.15) is 0 Å². The van der Waals surface area contributed by atoms with Crippen LogP contribution in [0.1, 0.15) is 11.6 Å². The second-order valence-corrected chi connectivity index (χ2v) is 5.46. The van der Waals surface area contributed by atoms with Crippen molar-refractivity contribution in [2.45, 2.75) is 6.04 Å². The van der Waals surface area contributed by atoms with Gasteiger partial charge in [0.2, 0.25) is 0 Å². The van der Waals surface area contributed by atoms with Crippen molar-refractivity contribution in [3.05, 3.63) is 54.4 Å². The van der Waals surface area contributed by atoms with Crippen LogP contribution in [0.25, 0.3) is 10.9 Å². The molecule has 0 bridgehead atoms. The van der Waals surface area contributed by atoms with Gasteiger partial charge in [0.05, 0.1) is 26.8 Å². The van der Waals surface area contributed by atoms with Crippen LogP contribution in [0.2, 0.25) is 0 Å². The van der Waals surface area contributed by atoms with E-state index in [1.807, 2.05) is 30.3 Å². The Morgan fingerprint density at radius 2 is 1.69 bits per heavy atom. The lowest BCUT2D eigenvalue weighted by molar-refractivity contribution is -0.141. The number of methoxy groups -OCH3 is 3. The fourth-order valence-electron chi connectivity index (χ4n) is 2.68. The predicted octanol–water partition coefficient (Wildman–Crippen LogP) is 2.97. The van der Waals surface area contributed by atoms with Crippen LogP contribution in [0.15, 0.2) is 48.8 Å². The Balaban J connectivity index is 2.07. The normalized spacial score (nSPS) is 11.7. The minimum atomic E-state index is -0.701. The number of carbonyl (C=O) groups excluding carboxylic acids is 1. The zero-order chi connectivity index (χ0) is 18.5. The number of nitrogens with zero attached hydrogens (tertiary/aromatic N) is 2. The molecule has 1 heterocycles. The van der Waals surface area contributed by atoms with E-state index in [-0.39, 0.29) is 0 Å². The summed E-state index contributed by atoms with van der Waals surface area (Å²) in [7, 11) is 4.47. The largest absolute Gasteiger partial charge is 0.493 e. The Hall–Kier alpha value is -3.35. The average molecular weight is 353 g/mol. The number of aromatic nitrogens is 2. The molecule has 1 aromatic heterocycles. The van der Waals surface area contributed by atoms with E-state index in [1.165, 1.54) is 13.4 Å². The zero-order valence-corrected chi connectivity index (χ0v) is 14.7. The van der Waals surface area contributed by atoms with Gasteiger partial charge in [0.25, 0.3) is 0 Å². The summed E-state index contributed by atoms with van der Waals surface area (Å²) in [6, 6.07) is 12.1. The first kappa shape index (κ1) is 17.5. The van der Waals surface area contributed by atoms with Gasteiger partial charge in [-0.25, -0.2) is 14.8 Å². The zero-order valence-electron chi connectivity index (χ0n) is 14.7. The molecule has 2 aromatic carbocycles. The molecule has 0 radical (unpaired) electrons. The number of carbonyl (C=O) groups is 1. The number of hydrogen-bond donors (Lipinski definition) is 1. The van der Waals surface area contributed by atoms with E-state index >= 15 is 0 Å². The first-order chi connectivity index (χ1) is 12.7. The average Bonchev–Trinajstić information content (AvgIpc) is 2.71. The molecule has 134 valence electrons. The third-order valence-corrected chi connectivity index (χ3v) is 3.99. The maximum absolute atomic E-state index is 12.3. The summed E-state index contributed by atoms with van der Waals surface area (Å²) in [6.07, 6.45) is 1.43. The molecule has 26 heavy (non-hydrogen) atoms. The van der Waals surface area contributed by atoms with Gasteiger partial charge in [-0.15, -0.1) is 0 Å². The number of anilines is 1. The number of fused-ring (bicyclic) bond motifs is 1. The van der Waals surface area contributed by atoms with Crippen molar-refractivity contribution in [1.29, 1.82) is 0 Å². The van der Waals surface area contributed by atoms with Crippen LogP contribution < -0.4 is 14.8 Å². The molecule has 1 unspecified atom stereocenters. The van der Waals surface area contributed by atoms with Gasteiger partial charge in [0.1, 0.15) is 12.1 Å². The van der Waals surface area contributed by atoms with Gasteiger partial charge >= 0.3 is 5.97 Å². The SMILES string of the molecule is COC(=O)C(Nc1ncnc2cc(OC)c(OC)cc12)c1ccccc1. The molecule has 3 aromatic rings. The van der Waals surface area contributed by atoms with E-state index in [1.54, 1.807) is 26.4 Å². The smallest absolute Gasteiger partial charge is 0.333 e. The van der Waals surface area contributed by atoms with Gasteiger partial charge in [-0.1, -0.05) is 30.3 Å². The van der Waals surface area contributed by atoms with Crippen molar-refractivity contribution in [2.24, 2.45) is 0 Å². The highest BCUT2D eigenvalue weighted by Crippen LogP contribution is 2.34. The minimum Gasteiger partial charge on any atom is -0.493 e. The van der Waals surface area contributed by atoms with Crippen LogP contribution in [0, 0.1) is 0 Å². The van der Waals surface area contributed by atoms with E-state index in [9.17, 15) is 4.79 Å². The fourth-order valence-corrected chi connectivity index (χ4v) is 2.68. The summed E-state index contributed by atoms with van der Waals surface area (Å²) >= 11 is 0. The maximum atomic E-state index is 12.3. The van der Waals surface area contributed by atoms with E-state index in [0.29, 0.717) is 28.2 Å². The molecule has 0 aliphatic carbocycles. The number of nitrogens with one attached hydrogen (secondary N) is 1. The van der Waals surface area contributed by atoms with Crippen LogP contribution >= 0.6 is 0 Å². The second-order valence-electron chi connectivity index (χ2n) is 5.46. The highest BCUT2D eigenvalue weighted by atomic mass is 16.5. The number of rotatable bonds is 6. The molecule has 0 saturated heterocycles. The first-order valence-electron chi connectivity index (χ1n) is 7.94. The Kier molecular flexibility index (Phi) is 5.17. The lowest BCUT2D eigenvalue weighted by atomic mass is 10.1. The molecule has 0 amide bonds. The Morgan fingerprint density at radius 3 is 2.35 bits per heavy atom. The molecule has 0 spiro atoms. The molecular weight excluding hydrogens is 334 g/mol. The van der Waals surface area contributed by atoms with Crippen molar-refractivity contribution in [3.8, 4) is 11.5 Å². The van der Waals surface area contributed by atoms with Crippen molar-refractivity contribution in [1.82, 2.24) is 9.97 Å². The van der Waals surface area contributed by atoms with E-state index in [0.717, 1.165) is 5.56 Å². The molecule has 1 N–H and O–H groups in total. The van der Waals surface area contributed by atoms with E-state index in [2.05, 4.69) is 15.3 Å². The summed E-state index contributed by atoms with van der Waals surface area (Å²) in [4.78, 5) is 20.9. The lowest BCUT2D eigenvalue weighted by Crippen LogP contribution is -2.23. The molecule has 1 atom stereocenters. The molecule has 0 fully saturated rings. The predicted molar refractivity (Wildman–Crippen MR) is 97.5 cm³/mol. The van der Waals surface area contributed by atoms with Gasteiger partial charge < -0.3 is 19.5 Å². The van der Waals surface area contributed by atoms with Crippen LogP contribution in [0.4, 0.5) is 5.82 Å². The number of benzene rings is 2. The van der Waals surface area contributed by atoms with Crippen LogP contribution in [0.3, 0.4) is 0 Å². The van der Waals surface area contributed by atoms with Gasteiger partial charge in [0, 0.05) is 11.5 Å². The fraction of sp³-hybridized carbons (Fsp3) is 0.211. The van der Waals surface area contributed by atoms with Crippen molar-refractivity contribution in [2.75, 3.05) is 26.6 Å². The van der Waals surface area contributed by atoms with Gasteiger partial charge in [-0.3, -0.25) is 0 Å². The lowest BCUT2D eigenvalue weighted by Gasteiger charge is -2.19. The Morgan fingerprint density at radius 1 is 1.00 bits per heavy atom. The molecule has 0 aliphatic heterocycles. The minimum absolute atomic E-state index is 0.413. The van der Waals surface area contributed by atoms with E-state index in [4.69, 9.17) is 14.2 Å². The standard InChI is InChI=1S/C19H19N3O4/c1-24-15-9-13-14(10-16(15)25-2)20-11-21-18(13)22-17(19(23)26-3)12-7-5-4-6-8-12/h4-11,17H,1-3H3,(H,20,21,22). The summed E-state index contributed by atoms with van der Waals surface area (Å²) in [5, 5.41) is 3.86. The quantitative estimate of drug-likeness (QED) is 0.682. The maximum Gasteiger partial charge on any atom is 0.333 e. The van der Waals surface area contributed by atoms with Crippen molar-refractivity contribution < 1.29 is 19.0 Å². The van der Waals surface area contributed by atoms with Crippen LogP contribution in [-0.2, 0) is 9.53 Å². The van der Waals surface area contributed by atoms with E-state index < -0.39 is 12.0 Å². The summed E-state index contributed by atoms with van der Waals surface area (Å²) in [5.41, 5.74) is 1.43. The molecule has 3 rings (SSSR count). The number of esters is 1. The third kappa shape index (κ3) is 3.37. The second kappa shape index (κ2) is 7.69. The number of hydrogen-bond acceptors (Lipinski definition) is 7. The van der Waals surface area contributed by atoms with Crippen molar-refractivity contribution in [3.63, 3.8) is 0 Å². The molecule has 0 aliphatic rings. The highest BCUT2D eigenvalue weighted by molar-refractivity contribution is 5.93. The summed E-state index contributed by atoms with van der Waals surface area (Å²) < 4.78 is 15.6. The molecule has 7 heteroatoms. The summed E-state index contributed by atoms with van der Waals surface area (Å²) in [6.45, 7) is 0. The molecule has 7 nitrogen and oxygen atoms in total. The highest BCUT2D eigenvalue weighted by Gasteiger charge is 2.23.